The Hall–Kier alpha value is -2.35. The smallest absolute Gasteiger partial charge is 0.321 e. The molecule has 8 heteroatoms. The van der Waals surface area contributed by atoms with E-state index < -0.39 is 11.3 Å². The summed E-state index contributed by atoms with van der Waals surface area (Å²) in [6, 6.07) is 9.38. The van der Waals surface area contributed by atoms with E-state index in [4.69, 9.17) is 0 Å². The molecule has 1 atom stereocenters. The molecule has 0 bridgehead atoms. The molecule has 1 fully saturated rings. The van der Waals surface area contributed by atoms with Crippen LogP contribution in [-0.2, 0) is 4.79 Å². The second-order valence-electron chi connectivity index (χ2n) is 6.04. The normalized spacial score (nSPS) is 15.7. The van der Waals surface area contributed by atoms with Gasteiger partial charge in [0.25, 0.3) is 0 Å². The van der Waals surface area contributed by atoms with Crippen LogP contribution in [0.5, 0.6) is 0 Å². The Morgan fingerprint density at radius 2 is 1.96 bits per heavy atom. The molecule has 1 aliphatic rings. The first-order valence-corrected chi connectivity index (χ1v) is 9.25. The van der Waals surface area contributed by atoms with Gasteiger partial charge in [0, 0.05) is 11.6 Å². The topological polar surface area (TPSA) is 99.8 Å². The van der Waals surface area contributed by atoms with Gasteiger partial charge in [-0.05, 0) is 19.8 Å². The highest BCUT2D eigenvalue weighted by Gasteiger charge is 2.22. The summed E-state index contributed by atoms with van der Waals surface area (Å²) in [6.07, 6.45) is 4.20. The van der Waals surface area contributed by atoms with Gasteiger partial charge in [0.2, 0.25) is 11.1 Å². The highest BCUT2D eigenvalue weighted by molar-refractivity contribution is 8.00. The number of hydrogen-bond donors (Lipinski definition) is 3. The van der Waals surface area contributed by atoms with Gasteiger partial charge in [-0.2, -0.15) is 0 Å². The fraction of sp³-hybridized carbons (Fsp3) is 0.412. The Balaban J connectivity index is 1.51. The number of nitrogens with zero attached hydrogens (tertiary/aromatic N) is 2. The fourth-order valence-electron chi connectivity index (χ4n) is 2.74. The number of H-pyrrole nitrogens is 1. The number of urea groups is 1. The zero-order valence-electron chi connectivity index (χ0n) is 14.0. The molecule has 0 aliphatic heterocycles. The van der Waals surface area contributed by atoms with Crippen LogP contribution >= 0.6 is 11.8 Å². The molecular formula is C17H21N5O2S. The van der Waals surface area contributed by atoms with Crippen LogP contribution < -0.4 is 10.6 Å². The number of rotatable bonds is 5. The number of benzene rings is 1. The van der Waals surface area contributed by atoms with Gasteiger partial charge in [0.05, 0.1) is 5.25 Å². The zero-order chi connectivity index (χ0) is 17.6. The number of nitrogens with one attached hydrogen (secondary N) is 3. The van der Waals surface area contributed by atoms with Crippen molar-refractivity contribution in [3.8, 4) is 11.4 Å². The van der Waals surface area contributed by atoms with Gasteiger partial charge in [0.1, 0.15) is 0 Å². The van der Waals surface area contributed by atoms with Crippen molar-refractivity contribution in [2.75, 3.05) is 0 Å². The van der Waals surface area contributed by atoms with Crippen LogP contribution in [0.15, 0.2) is 35.5 Å². The second-order valence-corrected chi connectivity index (χ2v) is 7.34. The van der Waals surface area contributed by atoms with Crippen molar-refractivity contribution >= 4 is 23.7 Å². The summed E-state index contributed by atoms with van der Waals surface area (Å²) in [5.41, 5.74) is 0.926. The number of aromatic nitrogens is 3. The van der Waals surface area contributed by atoms with Crippen LogP contribution in [0.2, 0.25) is 0 Å². The molecule has 3 amide bonds. The molecule has 0 saturated heterocycles. The lowest BCUT2D eigenvalue weighted by molar-refractivity contribution is -0.119. The van der Waals surface area contributed by atoms with E-state index in [0.717, 1.165) is 31.2 Å². The molecule has 3 N–H and O–H groups in total. The third kappa shape index (κ3) is 4.82. The third-order valence-corrected chi connectivity index (χ3v) is 5.05. The van der Waals surface area contributed by atoms with Crippen LogP contribution in [0.25, 0.3) is 11.4 Å². The third-order valence-electron chi connectivity index (χ3n) is 4.09. The molecule has 0 spiro atoms. The lowest BCUT2D eigenvalue weighted by atomic mass is 10.2. The van der Waals surface area contributed by atoms with Crippen molar-refractivity contribution in [1.82, 2.24) is 25.8 Å². The average molecular weight is 359 g/mol. The lowest BCUT2D eigenvalue weighted by Crippen LogP contribution is -2.45. The molecule has 2 aromatic rings. The predicted molar refractivity (Wildman–Crippen MR) is 96.1 cm³/mol. The van der Waals surface area contributed by atoms with Crippen molar-refractivity contribution in [1.29, 1.82) is 0 Å². The summed E-state index contributed by atoms with van der Waals surface area (Å²) in [4.78, 5) is 28.4. The number of carbonyl (C=O) groups excluding carboxylic acids is 2. The largest absolute Gasteiger partial charge is 0.335 e. The predicted octanol–water partition coefficient (Wildman–Crippen LogP) is 2.72. The van der Waals surface area contributed by atoms with Crippen molar-refractivity contribution in [3.05, 3.63) is 30.3 Å². The Labute approximate surface area is 150 Å². The standard InChI is InChI=1S/C17H21N5O2S/c1-11(15(23)20-16(24)18-13-9-5-6-10-13)25-17-19-14(21-22-17)12-7-3-2-4-8-12/h2-4,7-8,11,13H,5-6,9-10H2,1H3,(H,19,21,22)(H2,18,20,23,24)/t11-/m0/s1. The molecular weight excluding hydrogens is 338 g/mol. The fourth-order valence-corrected chi connectivity index (χ4v) is 3.47. The van der Waals surface area contributed by atoms with Gasteiger partial charge in [0.15, 0.2) is 5.82 Å². The van der Waals surface area contributed by atoms with Crippen LogP contribution in [0, 0.1) is 0 Å². The molecule has 0 unspecified atom stereocenters. The molecule has 132 valence electrons. The molecule has 1 aliphatic carbocycles. The van der Waals surface area contributed by atoms with Crippen molar-refractivity contribution < 1.29 is 9.59 Å². The van der Waals surface area contributed by atoms with E-state index in [9.17, 15) is 9.59 Å². The zero-order valence-corrected chi connectivity index (χ0v) is 14.8. The molecule has 1 saturated carbocycles. The summed E-state index contributed by atoms with van der Waals surface area (Å²) < 4.78 is 0. The molecule has 0 radical (unpaired) electrons. The van der Waals surface area contributed by atoms with Gasteiger partial charge < -0.3 is 5.32 Å². The van der Waals surface area contributed by atoms with E-state index >= 15 is 0 Å². The number of carbonyl (C=O) groups is 2. The highest BCUT2D eigenvalue weighted by Crippen LogP contribution is 2.22. The van der Waals surface area contributed by atoms with Gasteiger partial charge in [-0.3, -0.25) is 15.2 Å². The second kappa shape index (κ2) is 8.15. The lowest BCUT2D eigenvalue weighted by Gasteiger charge is -2.14. The average Bonchev–Trinajstić information content (AvgIpc) is 3.27. The molecule has 7 nitrogen and oxygen atoms in total. The van der Waals surface area contributed by atoms with E-state index in [1.165, 1.54) is 11.8 Å². The summed E-state index contributed by atoms with van der Waals surface area (Å²) in [5.74, 6) is 0.293. The van der Waals surface area contributed by atoms with Crippen LogP contribution in [0.4, 0.5) is 4.79 Å². The number of aromatic amines is 1. The first-order valence-electron chi connectivity index (χ1n) is 8.37. The molecule has 1 aromatic heterocycles. The van der Waals surface area contributed by atoms with Crippen LogP contribution in [0.3, 0.4) is 0 Å². The summed E-state index contributed by atoms with van der Waals surface area (Å²) in [5, 5.41) is 12.2. The Morgan fingerprint density at radius 1 is 1.24 bits per heavy atom. The van der Waals surface area contributed by atoms with E-state index in [1.54, 1.807) is 6.92 Å². The van der Waals surface area contributed by atoms with Crippen LogP contribution in [-0.4, -0.2) is 38.4 Å². The quantitative estimate of drug-likeness (QED) is 0.713. The SMILES string of the molecule is C[C@H](Sc1n[nH]c(-c2ccccc2)n1)C(=O)NC(=O)NC1CCCC1. The van der Waals surface area contributed by atoms with Crippen molar-refractivity contribution in [2.45, 2.75) is 49.1 Å². The van der Waals surface area contributed by atoms with Gasteiger partial charge in [-0.1, -0.05) is 54.9 Å². The first kappa shape index (κ1) is 17.5. The number of hydrogen-bond acceptors (Lipinski definition) is 5. The maximum absolute atomic E-state index is 12.1. The summed E-state index contributed by atoms with van der Waals surface area (Å²) in [6.45, 7) is 1.72. The van der Waals surface area contributed by atoms with E-state index in [-0.39, 0.29) is 11.9 Å². The first-order chi connectivity index (χ1) is 12.1. The van der Waals surface area contributed by atoms with Gasteiger partial charge in [-0.15, -0.1) is 5.10 Å². The number of imide groups is 1. The van der Waals surface area contributed by atoms with E-state index in [2.05, 4.69) is 25.8 Å². The monoisotopic (exact) mass is 359 g/mol. The van der Waals surface area contributed by atoms with Crippen LogP contribution in [0.1, 0.15) is 32.6 Å². The van der Waals surface area contributed by atoms with E-state index in [0.29, 0.717) is 11.0 Å². The maximum Gasteiger partial charge on any atom is 0.321 e. The summed E-state index contributed by atoms with van der Waals surface area (Å²) in [7, 11) is 0. The maximum atomic E-state index is 12.1. The molecule has 3 rings (SSSR count). The van der Waals surface area contributed by atoms with Crippen molar-refractivity contribution in [3.63, 3.8) is 0 Å². The minimum Gasteiger partial charge on any atom is -0.335 e. The van der Waals surface area contributed by atoms with E-state index in [1.807, 2.05) is 30.3 Å². The number of amides is 3. The van der Waals surface area contributed by atoms with Gasteiger partial charge >= 0.3 is 6.03 Å². The molecule has 1 aromatic carbocycles. The molecule has 25 heavy (non-hydrogen) atoms. The number of thioether (sulfide) groups is 1. The minimum absolute atomic E-state index is 0.178. The Bertz CT molecular complexity index is 728. The Morgan fingerprint density at radius 3 is 2.68 bits per heavy atom. The highest BCUT2D eigenvalue weighted by atomic mass is 32.2. The minimum atomic E-state index is -0.478. The molecule has 1 heterocycles. The van der Waals surface area contributed by atoms with Gasteiger partial charge in [-0.25, -0.2) is 9.78 Å². The van der Waals surface area contributed by atoms with Crippen molar-refractivity contribution in [2.24, 2.45) is 0 Å². The summed E-state index contributed by atoms with van der Waals surface area (Å²) >= 11 is 1.21. The Kier molecular flexibility index (Phi) is 5.70.